The summed E-state index contributed by atoms with van der Waals surface area (Å²) in [6, 6.07) is 7.49. The average molecular weight is 305 g/mol. The van der Waals surface area contributed by atoms with Crippen molar-refractivity contribution >= 4 is 27.4 Å². The van der Waals surface area contributed by atoms with Crippen LogP contribution in [0.1, 0.15) is 5.69 Å². The summed E-state index contributed by atoms with van der Waals surface area (Å²) in [6.45, 7) is 0. The number of aromatic nitrogens is 2. The Bertz CT molecular complexity index is 592. The number of nitrogens with zero attached hydrogens (tertiary/aromatic N) is 3. The minimum Gasteiger partial charge on any atom is -0.496 e. The molecule has 0 aliphatic carbocycles. The van der Waals surface area contributed by atoms with Crippen LogP contribution >= 0.6 is 15.9 Å². The average Bonchev–Trinajstić information content (AvgIpc) is 2.40. The van der Waals surface area contributed by atoms with Crippen molar-refractivity contribution in [1.29, 1.82) is 5.26 Å². The highest BCUT2D eigenvalue weighted by atomic mass is 79.9. The minimum absolute atomic E-state index is 0.288. The number of benzene rings is 1. The van der Waals surface area contributed by atoms with Crippen molar-refractivity contribution in [2.75, 3.05) is 12.4 Å². The van der Waals surface area contributed by atoms with Gasteiger partial charge in [0.2, 0.25) is 0 Å². The van der Waals surface area contributed by atoms with Crippen molar-refractivity contribution in [1.82, 2.24) is 9.97 Å². The van der Waals surface area contributed by atoms with Crippen molar-refractivity contribution in [3.8, 4) is 11.8 Å². The van der Waals surface area contributed by atoms with Crippen LogP contribution in [0.3, 0.4) is 0 Å². The molecule has 6 heteroatoms. The van der Waals surface area contributed by atoms with Crippen molar-refractivity contribution in [2.24, 2.45) is 0 Å². The molecule has 1 N–H and O–H groups in total. The number of rotatable bonds is 3. The van der Waals surface area contributed by atoms with Crippen molar-refractivity contribution < 1.29 is 4.74 Å². The van der Waals surface area contributed by atoms with Gasteiger partial charge < -0.3 is 10.1 Å². The van der Waals surface area contributed by atoms with Gasteiger partial charge in [0.1, 0.15) is 17.6 Å². The second kappa shape index (κ2) is 5.47. The Balaban J connectivity index is 2.18. The molecule has 0 amide bonds. The van der Waals surface area contributed by atoms with Gasteiger partial charge in [0.15, 0.2) is 5.69 Å². The highest BCUT2D eigenvalue weighted by Crippen LogP contribution is 2.28. The monoisotopic (exact) mass is 304 g/mol. The van der Waals surface area contributed by atoms with Gasteiger partial charge in [-0.15, -0.1) is 0 Å². The van der Waals surface area contributed by atoms with Gasteiger partial charge >= 0.3 is 0 Å². The molecular weight excluding hydrogens is 296 g/mol. The van der Waals surface area contributed by atoms with Crippen LogP contribution in [0.4, 0.5) is 11.5 Å². The third-order valence-corrected chi connectivity index (χ3v) is 2.81. The number of ether oxygens (including phenoxy) is 1. The molecule has 0 aliphatic rings. The Morgan fingerprint density at radius 3 is 2.72 bits per heavy atom. The van der Waals surface area contributed by atoms with Crippen LogP contribution in [-0.2, 0) is 0 Å². The zero-order valence-electron chi connectivity index (χ0n) is 9.51. The van der Waals surface area contributed by atoms with E-state index < -0.39 is 0 Å². The molecule has 0 bridgehead atoms. The molecule has 1 aromatic carbocycles. The third-order valence-electron chi connectivity index (χ3n) is 2.19. The molecule has 1 aromatic heterocycles. The normalized spacial score (nSPS) is 9.61. The molecule has 0 spiro atoms. The molecule has 0 unspecified atom stereocenters. The van der Waals surface area contributed by atoms with Crippen LogP contribution in [-0.4, -0.2) is 17.1 Å². The summed E-state index contributed by atoms with van der Waals surface area (Å²) in [5.41, 5.74) is 1.14. The van der Waals surface area contributed by atoms with E-state index in [1.54, 1.807) is 7.11 Å². The first kappa shape index (κ1) is 12.3. The molecule has 0 radical (unpaired) electrons. The summed E-state index contributed by atoms with van der Waals surface area (Å²) >= 11 is 3.40. The maximum Gasteiger partial charge on any atom is 0.158 e. The summed E-state index contributed by atoms with van der Waals surface area (Å²) < 4.78 is 5.99. The molecule has 0 saturated carbocycles. The largest absolute Gasteiger partial charge is 0.496 e. The van der Waals surface area contributed by atoms with E-state index in [1.165, 1.54) is 12.4 Å². The van der Waals surface area contributed by atoms with Crippen LogP contribution in [0.15, 0.2) is 35.1 Å². The molecule has 0 aliphatic heterocycles. The summed E-state index contributed by atoms with van der Waals surface area (Å²) in [5, 5.41) is 11.7. The Labute approximate surface area is 113 Å². The molecule has 0 fully saturated rings. The highest BCUT2D eigenvalue weighted by molar-refractivity contribution is 9.10. The maximum absolute atomic E-state index is 8.62. The third kappa shape index (κ3) is 2.76. The van der Waals surface area contributed by atoms with Gasteiger partial charge in [-0.2, -0.15) is 5.26 Å². The Hall–Kier alpha value is -2.13. The van der Waals surface area contributed by atoms with Crippen molar-refractivity contribution in [2.45, 2.75) is 0 Å². The van der Waals surface area contributed by atoms with E-state index in [-0.39, 0.29) is 5.69 Å². The first-order valence-corrected chi connectivity index (χ1v) is 5.85. The number of nitriles is 1. The van der Waals surface area contributed by atoms with Crippen LogP contribution in [0.2, 0.25) is 0 Å². The lowest BCUT2D eigenvalue weighted by atomic mass is 10.3. The molecule has 0 saturated heterocycles. The summed E-state index contributed by atoms with van der Waals surface area (Å²) in [4.78, 5) is 8.00. The molecule has 2 rings (SSSR count). The maximum atomic E-state index is 8.62. The lowest BCUT2D eigenvalue weighted by Gasteiger charge is -2.08. The number of halogens is 1. The standard InChI is InChI=1S/C12H9BrN4O/c1-18-11-3-2-8(4-10(11)13)17-12-7-15-9(5-14)6-16-12/h2-4,6-7H,1H3,(H,16,17). The van der Waals surface area contributed by atoms with E-state index >= 15 is 0 Å². The quantitative estimate of drug-likeness (QED) is 0.944. The van der Waals surface area contributed by atoms with Gasteiger partial charge in [0.25, 0.3) is 0 Å². The minimum atomic E-state index is 0.288. The van der Waals surface area contributed by atoms with Crippen molar-refractivity contribution in [3.63, 3.8) is 0 Å². The smallest absolute Gasteiger partial charge is 0.158 e. The number of anilines is 2. The Morgan fingerprint density at radius 2 is 2.17 bits per heavy atom. The second-order valence-corrected chi connectivity index (χ2v) is 4.23. The first-order chi connectivity index (χ1) is 8.72. The van der Waals surface area contributed by atoms with Gasteiger partial charge in [-0.3, -0.25) is 0 Å². The lowest BCUT2D eigenvalue weighted by molar-refractivity contribution is 0.412. The predicted molar refractivity (Wildman–Crippen MR) is 70.7 cm³/mol. The Kier molecular flexibility index (Phi) is 3.75. The van der Waals surface area contributed by atoms with Crippen LogP contribution in [0.5, 0.6) is 5.75 Å². The van der Waals surface area contributed by atoms with Gasteiger partial charge in [-0.25, -0.2) is 9.97 Å². The van der Waals surface area contributed by atoms with Gasteiger partial charge in [-0.1, -0.05) is 0 Å². The van der Waals surface area contributed by atoms with Crippen LogP contribution in [0, 0.1) is 11.3 Å². The van der Waals surface area contributed by atoms with Gasteiger partial charge in [0, 0.05) is 5.69 Å². The summed E-state index contributed by atoms with van der Waals surface area (Å²) in [6.07, 6.45) is 2.93. The topological polar surface area (TPSA) is 70.8 Å². The summed E-state index contributed by atoms with van der Waals surface area (Å²) in [7, 11) is 1.61. The second-order valence-electron chi connectivity index (χ2n) is 3.37. The van der Waals surface area contributed by atoms with Gasteiger partial charge in [0.05, 0.1) is 24.0 Å². The number of hydrogen-bond acceptors (Lipinski definition) is 5. The Morgan fingerprint density at radius 1 is 1.33 bits per heavy atom. The lowest BCUT2D eigenvalue weighted by Crippen LogP contribution is -1.96. The van der Waals surface area contributed by atoms with E-state index in [2.05, 4.69) is 31.2 Å². The van der Waals surface area contributed by atoms with Crippen molar-refractivity contribution in [3.05, 3.63) is 40.8 Å². The zero-order valence-corrected chi connectivity index (χ0v) is 11.1. The van der Waals surface area contributed by atoms with Crippen LogP contribution < -0.4 is 10.1 Å². The van der Waals surface area contributed by atoms with E-state index in [1.807, 2.05) is 24.3 Å². The molecule has 1 heterocycles. The molecule has 18 heavy (non-hydrogen) atoms. The zero-order chi connectivity index (χ0) is 13.0. The van der Waals surface area contributed by atoms with E-state index in [4.69, 9.17) is 10.00 Å². The van der Waals surface area contributed by atoms with Crippen LogP contribution in [0.25, 0.3) is 0 Å². The molecular formula is C12H9BrN4O. The number of nitrogens with one attached hydrogen (secondary N) is 1. The molecule has 2 aromatic rings. The predicted octanol–water partition coefficient (Wildman–Crippen LogP) is 2.86. The first-order valence-electron chi connectivity index (χ1n) is 5.05. The fourth-order valence-electron chi connectivity index (χ4n) is 1.34. The summed E-state index contributed by atoms with van der Waals surface area (Å²) in [5.74, 6) is 1.33. The molecule has 90 valence electrons. The highest BCUT2D eigenvalue weighted by Gasteiger charge is 2.02. The number of methoxy groups -OCH3 is 1. The number of hydrogen-bond donors (Lipinski definition) is 1. The SMILES string of the molecule is COc1ccc(Nc2cnc(C#N)cn2)cc1Br. The molecule has 0 atom stereocenters. The van der Waals surface area contributed by atoms with Gasteiger partial charge in [-0.05, 0) is 34.1 Å². The fraction of sp³-hybridized carbons (Fsp3) is 0.0833. The molecule has 5 nitrogen and oxygen atoms in total. The van der Waals surface area contributed by atoms with E-state index in [9.17, 15) is 0 Å². The van der Waals surface area contributed by atoms with E-state index in [0.717, 1.165) is 15.9 Å². The van der Waals surface area contributed by atoms with E-state index in [0.29, 0.717) is 5.82 Å². The fourth-order valence-corrected chi connectivity index (χ4v) is 1.88.